The van der Waals surface area contributed by atoms with Crippen molar-refractivity contribution in [1.29, 1.82) is 0 Å². The smallest absolute Gasteiger partial charge is 0.224 e. The van der Waals surface area contributed by atoms with Crippen LogP contribution in [0.4, 0.5) is 0 Å². The van der Waals surface area contributed by atoms with E-state index in [1.807, 2.05) is 6.92 Å². The van der Waals surface area contributed by atoms with Gasteiger partial charge in [-0.15, -0.1) is 0 Å². The molecule has 1 aliphatic rings. The van der Waals surface area contributed by atoms with Crippen molar-refractivity contribution in [2.45, 2.75) is 32.9 Å². The van der Waals surface area contributed by atoms with Crippen LogP contribution in [0.2, 0.25) is 0 Å². The lowest BCUT2D eigenvalue weighted by molar-refractivity contribution is -0.131. The third kappa shape index (κ3) is 1.96. The molecule has 12 heavy (non-hydrogen) atoms. The van der Waals surface area contributed by atoms with E-state index >= 15 is 0 Å². The lowest BCUT2D eigenvalue weighted by atomic mass is 10.4. The Morgan fingerprint density at radius 3 is 2.75 bits per heavy atom. The van der Waals surface area contributed by atoms with Crippen molar-refractivity contribution in [3.05, 3.63) is 0 Å². The Hall–Kier alpha value is -1.06. The highest BCUT2D eigenvalue weighted by molar-refractivity contribution is 5.79. The van der Waals surface area contributed by atoms with Crippen LogP contribution in [0.1, 0.15) is 26.7 Å². The number of likely N-dealkylation sites (tertiary alicyclic amines) is 1. The fraction of sp³-hybridized carbons (Fsp3) is 0.750. The Labute approximate surface area is 71.9 Å². The van der Waals surface area contributed by atoms with E-state index in [1.165, 1.54) is 6.92 Å². The zero-order valence-electron chi connectivity index (χ0n) is 7.46. The summed E-state index contributed by atoms with van der Waals surface area (Å²) >= 11 is 0. The number of amides is 2. The van der Waals surface area contributed by atoms with Crippen molar-refractivity contribution in [3.63, 3.8) is 0 Å². The first-order valence-corrected chi connectivity index (χ1v) is 4.18. The summed E-state index contributed by atoms with van der Waals surface area (Å²) in [5.41, 5.74) is 0. The van der Waals surface area contributed by atoms with Crippen molar-refractivity contribution in [2.75, 3.05) is 6.54 Å². The number of carbonyl (C=O) groups excluding carboxylic acids is 2. The van der Waals surface area contributed by atoms with Crippen LogP contribution < -0.4 is 5.32 Å². The molecule has 1 fully saturated rings. The Kier molecular flexibility index (Phi) is 2.68. The molecule has 0 saturated carbocycles. The molecule has 0 aliphatic carbocycles. The van der Waals surface area contributed by atoms with E-state index in [9.17, 15) is 9.59 Å². The molecular weight excluding hydrogens is 156 g/mol. The van der Waals surface area contributed by atoms with Crippen LogP contribution in [0.5, 0.6) is 0 Å². The van der Waals surface area contributed by atoms with Gasteiger partial charge < -0.3 is 10.2 Å². The fourth-order valence-electron chi connectivity index (χ4n) is 1.45. The van der Waals surface area contributed by atoms with Crippen molar-refractivity contribution < 1.29 is 9.59 Å². The number of hydrogen-bond donors (Lipinski definition) is 1. The minimum atomic E-state index is -0.155. The minimum absolute atomic E-state index is 0.0952. The van der Waals surface area contributed by atoms with Crippen molar-refractivity contribution >= 4 is 11.8 Å². The molecule has 1 aliphatic heterocycles. The van der Waals surface area contributed by atoms with Crippen LogP contribution in [0.25, 0.3) is 0 Å². The van der Waals surface area contributed by atoms with Gasteiger partial charge in [0.05, 0.1) is 0 Å². The summed E-state index contributed by atoms with van der Waals surface area (Å²) < 4.78 is 0. The van der Waals surface area contributed by atoms with Gasteiger partial charge >= 0.3 is 0 Å². The molecular formula is C8H14N2O2. The fourth-order valence-corrected chi connectivity index (χ4v) is 1.45. The van der Waals surface area contributed by atoms with Crippen molar-refractivity contribution in [2.24, 2.45) is 0 Å². The number of rotatable bonds is 2. The van der Waals surface area contributed by atoms with Crippen LogP contribution in [0.3, 0.4) is 0 Å². The number of carbonyl (C=O) groups is 2. The van der Waals surface area contributed by atoms with Gasteiger partial charge in [-0.2, -0.15) is 0 Å². The molecule has 4 heteroatoms. The normalized spacial score (nSPS) is 19.5. The second-order valence-electron chi connectivity index (χ2n) is 3.07. The van der Waals surface area contributed by atoms with Gasteiger partial charge in [0.2, 0.25) is 11.8 Å². The molecule has 0 aromatic carbocycles. The van der Waals surface area contributed by atoms with E-state index in [4.69, 9.17) is 0 Å². The van der Waals surface area contributed by atoms with Crippen LogP contribution in [0.15, 0.2) is 0 Å². The Morgan fingerprint density at radius 2 is 2.33 bits per heavy atom. The monoisotopic (exact) mass is 170 g/mol. The maximum atomic E-state index is 11.2. The van der Waals surface area contributed by atoms with Crippen LogP contribution >= 0.6 is 0 Å². The first-order chi connectivity index (χ1) is 5.61. The number of nitrogens with zero attached hydrogens (tertiary/aromatic N) is 1. The molecule has 1 N–H and O–H groups in total. The Balaban J connectivity index is 2.45. The predicted molar refractivity (Wildman–Crippen MR) is 44.2 cm³/mol. The molecule has 1 rings (SSSR count). The van der Waals surface area contributed by atoms with Gasteiger partial charge in [0, 0.05) is 19.9 Å². The summed E-state index contributed by atoms with van der Waals surface area (Å²) in [6.45, 7) is 4.04. The molecule has 1 atom stereocenters. The quantitative estimate of drug-likeness (QED) is 0.638. The molecule has 0 bridgehead atoms. The van der Waals surface area contributed by atoms with Gasteiger partial charge in [-0.3, -0.25) is 9.59 Å². The Morgan fingerprint density at radius 1 is 1.67 bits per heavy atom. The van der Waals surface area contributed by atoms with Crippen LogP contribution in [-0.2, 0) is 9.59 Å². The molecule has 1 heterocycles. The second-order valence-corrected chi connectivity index (χ2v) is 3.07. The molecule has 1 saturated heterocycles. The van der Waals surface area contributed by atoms with E-state index in [1.54, 1.807) is 4.90 Å². The molecule has 0 aromatic heterocycles. The molecule has 2 amide bonds. The molecule has 68 valence electrons. The van der Waals surface area contributed by atoms with E-state index in [0.29, 0.717) is 6.42 Å². The highest BCUT2D eigenvalue weighted by Crippen LogP contribution is 2.11. The second kappa shape index (κ2) is 3.56. The van der Waals surface area contributed by atoms with Crippen molar-refractivity contribution in [3.8, 4) is 0 Å². The summed E-state index contributed by atoms with van der Waals surface area (Å²) in [7, 11) is 0. The third-order valence-electron chi connectivity index (χ3n) is 1.99. The van der Waals surface area contributed by atoms with Crippen LogP contribution in [-0.4, -0.2) is 29.4 Å². The van der Waals surface area contributed by atoms with Gasteiger partial charge in [0.1, 0.15) is 6.17 Å². The zero-order chi connectivity index (χ0) is 9.14. The molecule has 0 radical (unpaired) electrons. The van der Waals surface area contributed by atoms with Crippen LogP contribution in [0, 0.1) is 0 Å². The predicted octanol–water partition coefficient (Wildman–Crippen LogP) is 0.0909. The summed E-state index contributed by atoms with van der Waals surface area (Å²) in [5.74, 6) is 0.0402. The third-order valence-corrected chi connectivity index (χ3v) is 1.99. The number of nitrogens with one attached hydrogen (secondary N) is 1. The summed E-state index contributed by atoms with van der Waals surface area (Å²) in [4.78, 5) is 23.5. The summed E-state index contributed by atoms with van der Waals surface area (Å²) in [6.07, 6.45) is 1.37. The zero-order valence-corrected chi connectivity index (χ0v) is 7.46. The maximum absolute atomic E-state index is 11.2. The minimum Gasteiger partial charge on any atom is -0.336 e. The Bertz CT molecular complexity index is 203. The van der Waals surface area contributed by atoms with E-state index < -0.39 is 0 Å². The van der Waals surface area contributed by atoms with Gasteiger partial charge in [-0.25, -0.2) is 0 Å². The first kappa shape index (κ1) is 9.03. The largest absolute Gasteiger partial charge is 0.336 e. The van der Waals surface area contributed by atoms with Gasteiger partial charge in [0.25, 0.3) is 0 Å². The summed E-state index contributed by atoms with van der Waals surface area (Å²) in [6, 6.07) is 0. The van der Waals surface area contributed by atoms with E-state index in [0.717, 1.165) is 13.0 Å². The number of hydrogen-bond acceptors (Lipinski definition) is 2. The van der Waals surface area contributed by atoms with Gasteiger partial charge in [0.15, 0.2) is 0 Å². The maximum Gasteiger partial charge on any atom is 0.224 e. The first-order valence-electron chi connectivity index (χ1n) is 4.18. The van der Waals surface area contributed by atoms with Gasteiger partial charge in [-0.1, -0.05) is 0 Å². The van der Waals surface area contributed by atoms with Gasteiger partial charge in [-0.05, 0) is 13.3 Å². The van der Waals surface area contributed by atoms with E-state index in [2.05, 4.69) is 5.32 Å². The average Bonchev–Trinajstić information content (AvgIpc) is 2.33. The average molecular weight is 170 g/mol. The summed E-state index contributed by atoms with van der Waals surface area (Å²) in [5, 5.41) is 2.68. The SMILES string of the molecule is CC(=O)NC(C)N1CCCC1=O. The molecule has 0 spiro atoms. The lowest BCUT2D eigenvalue weighted by Crippen LogP contribution is -2.45. The van der Waals surface area contributed by atoms with E-state index in [-0.39, 0.29) is 18.0 Å². The highest BCUT2D eigenvalue weighted by Gasteiger charge is 2.24. The standard InChI is InChI=1S/C8H14N2O2/c1-6(9-7(2)11)10-5-3-4-8(10)12/h6H,3-5H2,1-2H3,(H,9,11). The highest BCUT2D eigenvalue weighted by atomic mass is 16.2. The van der Waals surface area contributed by atoms with Crippen molar-refractivity contribution in [1.82, 2.24) is 10.2 Å². The molecule has 1 unspecified atom stereocenters. The lowest BCUT2D eigenvalue weighted by Gasteiger charge is -2.24. The topological polar surface area (TPSA) is 49.4 Å². The molecule has 0 aromatic rings. The molecule has 4 nitrogen and oxygen atoms in total.